The first-order valence-corrected chi connectivity index (χ1v) is 10.7. The summed E-state index contributed by atoms with van der Waals surface area (Å²) in [6.45, 7) is 1.20. The third-order valence-electron chi connectivity index (χ3n) is 4.04. The zero-order valence-electron chi connectivity index (χ0n) is 14.7. The third-order valence-corrected chi connectivity index (χ3v) is 6.66. The van der Waals surface area contributed by atoms with E-state index >= 15 is 0 Å². The minimum atomic E-state index is -3.71. The molecule has 150 valence electrons. The Morgan fingerprint density at radius 1 is 1.11 bits per heavy atom. The molecule has 0 aliphatic carbocycles. The van der Waals surface area contributed by atoms with Gasteiger partial charge in [0.15, 0.2) is 0 Å². The molecule has 0 radical (unpaired) electrons. The number of anilines is 1. The summed E-state index contributed by atoms with van der Waals surface area (Å²) in [7, 11) is -3.71. The van der Waals surface area contributed by atoms with Crippen LogP contribution >= 0.6 is 11.8 Å². The third kappa shape index (κ3) is 5.07. The molecule has 0 saturated carbocycles. The number of sulfonamides is 1. The molecule has 1 aliphatic heterocycles. The molecule has 0 spiro atoms. The van der Waals surface area contributed by atoms with E-state index in [4.69, 9.17) is 4.74 Å². The van der Waals surface area contributed by atoms with Gasteiger partial charge < -0.3 is 10.1 Å². The number of morpholine rings is 1. The fraction of sp³-hybridized carbons (Fsp3) is 0.278. The van der Waals surface area contributed by atoms with Gasteiger partial charge in [-0.1, -0.05) is 17.8 Å². The number of rotatable bonds is 6. The number of nitrogens with one attached hydrogen (secondary N) is 1. The predicted molar refractivity (Wildman–Crippen MR) is 102 cm³/mol. The number of benzene rings is 2. The van der Waals surface area contributed by atoms with E-state index in [-0.39, 0.29) is 23.5 Å². The van der Waals surface area contributed by atoms with E-state index in [0.29, 0.717) is 35.6 Å². The zero-order valence-corrected chi connectivity index (χ0v) is 16.3. The lowest BCUT2D eigenvalue weighted by Gasteiger charge is -2.26. The number of ether oxygens (including phenoxy) is 1. The van der Waals surface area contributed by atoms with Gasteiger partial charge in [0.1, 0.15) is 0 Å². The average molecular weight is 428 g/mol. The second-order valence-electron chi connectivity index (χ2n) is 5.90. The largest absolute Gasteiger partial charge is 0.379 e. The highest BCUT2D eigenvalue weighted by atomic mass is 32.2. The first kappa shape index (κ1) is 20.7. The zero-order chi connectivity index (χ0) is 20.1. The monoisotopic (exact) mass is 428 g/mol. The smallest absolute Gasteiger partial charge is 0.288 e. The molecule has 1 fully saturated rings. The van der Waals surface area contributed by atoms with Crippen molar-refractivity contribution in [1.29, 1.82) is 0 Å². The van der Waals surface area contributed by atoms with Crippen molar-refractivity contribution in [3.63, 3.8) is 0 Å². The van der Waals surface area contributed by atoms with E-state index in [0.717, 1.165) is 0 Å². The van der Waals surface area contributed by atoms with Crippen LogP contribution in [-0.4, -0.2) is 50.7 Å². The molecule has 10 heteroatoms. The van der Waals surface area contributed by atoms with Crippen molar-refractivity contribution in [2.45, 2.75) is 15.5 Å². The maximum absolute atomic E-state index is 12.7. The molecule has 1 amide bonds. The molecule has 1 N–H and O–H groups in total. The summed E-state index contributed by atoms with van der Waals surface area (Å²) in [4.78, 5) is 12.9. The topological polar surface area (TPSA) is 75.7 Å². The Morgan fingerprint density at radius 2 is 1.79 bits per heavy atom. The number of halogens is 2. The van der Waals surface area contributed by atoms with Crippen LogP contribution in [0.1, 0.15) is 10.4 Å². The summed E-state index contributed by atoms with van der Waals surface area (Å²) in [5, 5.41) is 2.63. The lowest BCUT2D eigenvalue weighted by molar-refractivity contribution is 0.0730. The minimum absolute atomic E-state index is 0.0331. The second kappa shape index (κ2) is 8.99. The molecule has 3 rings (SSSR count). The van der Waals surface area contributed by atoms with Gasteiger partial charge in [-0.05, 0) is 42.5 Å². The van der Waals surface area contributed by atoms with Crippen LogP contribution < -0.4 is 5.32 Å². The van der Waals surface area contributed by atoms with Gasteiger partial charge in [0.05, 0.1) is 18.1 Å². The van der Waals surface area contributed by atoms with Crippen LogP contribution in [0.2, 0.25) is 0 Å². The fourth-order valence-electron chi connectivity index (χ4n) is 2.66. The van der Waals surface area contributed by atoms with E-state index in [1.54, 1.807) is 0 Å². The van der Waals surface area contributed by atoms with Crippen LogP contribution in [0.25, 0.3) is 0 Å². The molecule has 6 nitrogen and oxygen atoms in total. The van der Waals surface area contributed by atoms with Crippen molar-refractivity contribution in [1.82, 2.24) is 4.31 Å². The SMILES string of the molecule is O=C(Nc1ccc(SC(F)F)cc1)c1cccc(S(=O)(=O)N2CCOCC2)c1. The second-order valence-corrected chi connectivity index (χ2v) is 8.90. The van der Waals surface area contributed by atoms with Crippen LogP contribution in [0.15, 0.2) is 58.3 Å². The van der Waals surface area contributed by atoms with Gasteiger partial charge in [-0.2, -0.15) is 13.1 Å². The Kier molecular flexibility index (Phi) is 6.65. The van der Waals surface area contributed by atoms with Crippen molar-refractivity contribution in [2.24, 2.45) is 0 Å². The Hall–Kier alpha value is -2.01. The quantitative estimate of drug-likeness (QED) is 0.715. The van der Waals surface area contributed by atoms with Crippen LogP contribution in [0.4, 0.5) is 14.5 Å². The summed E-state index contributed by atoms with van der Waals surface area (Å²) in [6.07, 6.45) is 0. The number of alkyl halides is 2. The molecule has 0 unspecified atom stereocenters. The summed E-state index contributed by atoms with van der Waals surface area (Å²) >= 11 is 0.414. The van der Waals surface area contributed by atoms with Crippen molar-refractivity contribution in [3.05, 3.63) is 54.1 Å². The molecule has 28 heavy (non-hydrogen) atoms. The predicted octanol–water partition coefficient (Wildman–Crippen LogP) is 3.27. The minimum Gasteiger partial charge on any atom is -0.379 e. The standard InChI is InChI=1S/C18H18F2N2O4S2/c19-18(20)27-15-6-4-14(5-7-15)21-17(23)13-2-1-3-16(12-13)28(24,25)22-8-10-26-11-9-22/h1-7,12,18H,8-11H2,(H,21,23). The molecular weight excluding hydrogens is 410 g/mol. The van der Waals surface area contributed by atoms with Gasteiger partial charge in [-0.15, -0.1) is 0 Å². The maximum atomic E-state index is 12.7. The first-order chi connectivity index (χ1) is 13.4. The summed E-state index contributed by atoms with van der Waals surface area (Å²) in [5.74, 6) is -3.01. The van der Waals surface area contributed by atoms with Gasteiger partial charge >= 0.3 is 0 Å². The summed E-state index contributed by atoms with van der Waals surface area (Å²) in [5.41, 5.74) is 0.602. The van der Waals surface area contributed by atoms with Gasteiger partial charge in [-0.25, -0.2) is 8.42 Å². The van der Waals surface area contributed by atoms with Gasteiger partial charge in [-0.3, -0.25) is 4.79 Å². The number of nitrogens with zero attached hydrogens (tertiary/aromatic N) is 1. The lowest BCUT2D eigenvalue weighted by Crippen LogP contribution is -2.40. The summed E-state index contributed by atoms with van der Waals surface area (Å²) < 4.78 is 56.7. The molecule has 2 aromatic carbocycles. The molecule has 0 bridgehead atoms. The van der Waals surface area contributed by atoms with Gasteiger partial charge in [0.25, 0.3) is 11.7 Å². The van der Waals surface area contributed by atoms with Crippen LogP contribution in [0.5, 0.6) is 0 Å². The first-order valence-electron chi connectivity index (χ1n) is 8.40. The normalized spacial score (nSPS) is 15.5. The average Bonchev–Trinajstić information content (AvgIpc) is 2.70. The molecule has 1 heterocycles. The number of amides is 1. The van der Waals surface area contributed by atoms with E-state index in [9.17, 15) is 22.0 Å². The van der Waals surface area contributed by atoms with Gasteiger partial charge in [0.2, 0.25) is 10.0 Å². The number of hydrogen-bond donors (Lipinski definition) is 1. The van der Waals surface area contributed by atoms with Crippen molar-refractivity contribution in [3.8, 4) is 0 Å². The highest BCUT2D eigenvalue weighted by Crippen LogP contribution is 2.26. The van der Waals surface area contributed by atoms with Crippen LogP contribution in [0.3, 0.4) is 0 Å². The molecule has 1 saturated heterocycles. The molecule has 2 aromatic rings. The van der Waals surface area contributed by atoms with Gasteiger partial charge in [0, 0.05) is 29.2 Å². The van der Waals surface area contributed by atoms with Crippen molar-refractivity contribution in [2.75, 3.05) is 31.6 Å². The lowest BCUT2D eigenvalue weighted by atomic mass is 10.2. The Morgan fingerprint density at radius 3 is 2.43 bits per heavy atom. The van der Waals surface area contributed by atoms with Crippen LogP contribution in [0, 0.1) is 0 Å². The van der Waals surface area contributed by atoms with E-state index < -0.39 is 21.7 Å². The van der Waals surface area contributed by atoms with Crippen molar-refractivity contribution < 1.29 is 26.7 Å². The molecule has 0 atom stereocenters. The molecule has 0 aromatic heterocycles. The number of carbonyl (C=O) groups excluding carboxylic acids is 1. The number of hydrogen-bond acceptors (Lipinski definition) is 5. The Balaban J connectivity index is 1.73. The highest BCUT2D eigenvalue weighted by Gasteiger charge is 2.26. The Labute approximate surface area is 165 Å². The van der Waals surface area contributed by atoms with E-state index in [1.165, 1.54) is 52.8 Å². The maximum Gasteiger partial charge on any atom is 0.288 e. The number of thioether (sulfide) groups is 1. The highest BCUT2D eigenvalue weighted by molar-refractivity contribution is 7.99. The van der Waals surface area contributed by atoms with Crippen molar-refractivity contribution >= 4 is 33.4 Å². The van der Waals surface area contributed by atoms with Crippen LogP contribution in [-0.2, 0) is 14.8 Å². The molecular formula is C18H18F2N2O4S2. The Bertz CT molecular complexity index is 931. The van der Waals surface area contributed by atoms with E-state index in [1.807, 2.05) is 0 Å². The van der Waals surface area contributed by atoms with E-state index in [2.05, 4.69) is 5.32 Å². The summed E-state index contributed by atoms with van der Waals surface area (Å²) in [6, 6.07) is 11.8. The molecule has 1 aliphatic rings. The number of carbonyl (C=O) groups is 1. The fourth-order valence-corrected chi connectivity index (χ4v) is 4.61.